The van der Waals surface area contributed by atoms with Crippen molar-refractivity contribution in [3.8, 4) is 11.8 Å². The van der Waals surface area contributed by atoms with E-state index in [1.165, 1.54) is 0 Å². The minimum atomic E-state index is -0.866. The van der Waals surface area contributed by atoms with Gasteiger partial charge in [-0.3, -0.25) is 4.79 Å². The van der Waals surface area contributed by atoms with Gasteiger partial charge in [-0.2, -0.15) is 5.26 Å². The Kier molecular flexibility index (Phi) is 4.82. The molecule has 122 valence electrons. The molecule has 3 rings (SSSR count). The number of nitrogens with one attached hydrogen (secondary N) is 1. The van der Waals surface area contributed by atoms with Crippen LogP contribution in [-0.2, 0) is 9.53 Å². The fraction of sp³-hybridized carbons (Fsp3) is 0.556. The summed E-state index contributed by atoms with van der Waals surface area (Å²) in [4.78, 5) is 12.5. The summed E-state index contributed by atoms with van der Waals surface area (Å²) in [6.45, 7) is 1.37. The second-order valence-corrected chi connectivity index (χ2v) is 6.34. The van der Waals surface area contributed by atoms with Gasteiger partial charge in [0.05, 0.1) is 19.3 Å². The molecule has 23 heavy (non-hydrogen) atoms. The van der Waals surface area contributed by atoms with Crippen molar-refractivity contribution in [3.63, 3.8) is 0 Å². The van der Waals surface area contributed by atoms with Crippen molar-refractivity contribution in [2.24, 2.45) is 5.41 Å². The monoisotopic (exact) mass is 314 g/mol. The van der Waals surface area contributed by atoms with Crippen LogP contribution in [-0.4, -0.2) is 25.2 Å². The molecule has 1 amide bonds. The van der Waals surface area contributed by atoms with Crippen LogP contribution < -0.4 is 10.1 Å². The Hall–Kier alpha value is -2.06. The molecule has 2 aliphatic rings. The Bertz CT molecular complexity index is 579. The Morgan fingerprint density at radius 2 is 2.00 bits per heavy atom. The zero-order valence-corrected chi connectivity index (χ0v) is 13.2. The zero-order chi connectivity index (χ0) is 16.1. The van der Waals surface area contributed by atoms with Crippen molar-refractivity contribution in [3.05, 3.63) is 24.3 Å². The second kappa shape index (κ2) is 7.01. The third-order valence-corrected chi connectivity index (χ3v) is 4.66. The third kappa shape index (κ3) is 3.65. The number of nitrogens with zero attached hydrogens (tertiary/aromatic N) is 1. The molecule has 1 aliphatic carbocycles. The summed E-state index contributed by atoms with van der Waals surface area (Å²) in [5.41, 5.74) is -0.167. The highest BCUT2D eigenvalue weighted by atomic mass is 16.5. The van der Waals surface area contributed by atoms with Crippen molar-refractivity contribution in [2.45, 2.75) is 44.6 Å². The first-order chi connectivity index (χ1) is 11.2. The lowest BCUT2D eigenvalue weighted by Gasteiger charge is -2.29. The van der Waals surface area contributed by atoms with E-state index in [0.29, 0.717) is 25.1 Å². The molecule has 0 spiro atoms. The molecule has 1 aromatic carbocycles. The Balaban J connectivity index is 1.61. The van der Waals surface area contributed by atoms with E-state index in [1.54, 1.807) is 0 Å². The summed E-state index contributed by atoms with van der Waals surface area (Å²) < 4.78 is 11.1. The quantitative estimate of drug-likeness (QED) is 0.926. The van der Waals surface area contributed by atoms with Crippen LogP contribution in [0.5, 0.6) is 5.75 Å². The highest BCUT2D eigenvalue weighted by Gasteiger charge is 2.39. The molecule has 0 radical (unpaired) electrons. The van der Waals surface area contributed by atoms with Crippen LogP contribution in [0, 0.1) is 16.7 Å². The summed E-state index contributed by atoms with van der Waals surface area (Å²) >= 11 is 0. The lowest BCUT2D eigenvalue weighted by atomic mass is 9.74. The minimum absolute atomic E-state index is 0.111. The van der Waals surface area contributed by atoms with Crippen molar-refractivity contribution in [2.75, 3.05) is 18.5 Å². The van der Waals surface area contributed by atoms with Crippen molar-refractivity contribution in [1.82, 2.24) is 0 Å². The van der Waals surface area contributed by atoms with Gasteiger partial charge in [0.15, 0.2) is 0 Å². The summed E-state index contributed by atoms with van der Waals surface area (Å²) in [5, 5.41) is 12.3. The van der Waals surface area contributed by atoms with Gasteiger partial charge < -0.3 is 14.8 Å². The lowest BCUT2D eigenvalue weighted by molar-refractivity contribution is -0.124. The lowest BCUT2D eigenvalue weighted by Crippen LogP contribution is -2.36. The van der Waals surface area contributed by atoms with E-state index >= 15 is 0 Å². The van der Waals surface area contributed by atoms with Crippen molar-refractivity contribution in [1.29, 1.82) is 5.26 Å². The van der Waals surface area contributed by atoms with Crippen LogP contribution in [0.3, 0.4) is 0 Å². The molecule has 2 fully saturated rings. The Labute approximate surface area is 136 Å². The second-order valence-electron chi connectivity index (χ2n) is 6.34. The van der Waals surface area contributed by atoms with Crippen LogP contribution in [0.1, 0.15) is 38.5 Å². The highest BCUT2D eigenvalue weighted by Crippen LogP contribution is 2.36. The fourth-order valence-electron chi connectivity index (χ4n) is 3.21. The van der Waals surface area contributed by atoms with E-state index in [-0.39, 0.29) is 12.0 Å². The van der Waals surface area contributed by atoms with Gasteiger partial charge in [-0.25, -0.2) is 0 Å². The third-order valence-electron chi connectivity index (χ3n) is 4.66. The number of ether oxygens (including phenoxy) is 2. The maximum atomic E-state index is 12.5. The Morgan fingerprint density at radius 1 is 1.26 bits per heavy atom. The summed E-state index contributed by atoms with van der Waals surface area (Å²) in [6, 6.07) is 9.56. The predicted octanol–water partition coefficient (Wildman–Crippen LogP) is 3.27. The molecule has 5 nitrogen and oxygen atoms in total. The molecule has 0 bridgehead atoms. The molecule has 1 aromatic rings. The summed E-state index contributed by atoms with van der Waals surface area (Å²) in [5.74, 6) is 0.587. The zero-order valence-electron chi connectivity index (χ0n) is 13.2. The van der Waals surface area contributed by atoms with E-state index in [1.807, 2.05) is 24.3 Å². The van der Waals surface area contributed by atoms with Gasteiger partial charge >= 0.3 is 0 Å². The van der Waals surface area contributed by atoms with E-state index < -0.39 is 5.41 Å². The van der Waals surface area contributed by atoms with Crippen LogP contribution in [0.15, 0.2) is 24.3 Å². The maximum Gasteiger partial charge on any atom is 0.244 e. The van der Waals surface area contributed by atoms with Gasteiger partial charge in [0.2, 0.25) is 5.91 Å². The molecule has 1 N–H and O–H groups in total. The number of amides is 1. The van der Waals surface area contributed by atoms with Crippen LogP contribution in [0.2, 0.25) is 0 Å². The average Bonchev–Trinajstić information content (AvgIpc) is 3.10. The molecule has 5 heteroatoms. The fourth-order valence-corrected chi connectivity index (χ4v) is 3.21. The molecule has 1 heterocycles. The number of rotatable bonds is 4. The number of hydrogen-bond acceptors (Lipinski definition) is 4. The number of hydrogen-bond donors (Lipinski definition) is 1. The maximum absolute atomic E-state index is 12.5. The van der Waals surface area contributed by atoms with E-state index in [4.69, 9.17) is 9.47 Å². The van der Waals surface area contributed by atoms with Crippen molar-refractivity contribution >= 4 is 11.6 Å². The number of benzene rings is 1. The van der Waals surface area contributed by atoms with Crippen LogP contribution in [0.4, 0.5) is 5.69 Å². The largest absolute Gasteiger partial charge is 0.488 e. The molecule has 1 atom stereocenters. The molecular weight excluding hydrogens is 292 g/mol. The van der Waals surface area contributed by atoms with Gasteiger partial charge in [0.25, 0.3) is 0 Å². The smallest absolute Gasteiger partial charge is 0.244 e. The van der Waals surface area contributed by atoms with Crippen LogP contribution in [0.25, 0.3) is 0 Å². The highest BCUT2D eigenvalue weighted by molar-refractivity contribution is 5.97. The molecular formula is C18H22N2O3. The van der Waals surface area contributed by atoms with E-state index in [2.05, 4.69) is 11.4 Å². The number of nitriles is 1. The van der Waals surface area contributed by atoms with E-state index in [0.717, 1.165) is 38.0 Å². The number of carbonyl (C=O) groups is 1. The van der Waals surface area contributed by atoms with Gasteiger partial charge in [0.1, 0.15) is 17.3 Å². The van der Waals surface area contributed by atoms with Gasteiger partial charge in [-0.05, 0) is 37.1 Å². The molecule has 1 saturated heterocycles. The Morgan fingerprint density at radius 3 is 2.61 bits per heavy atom. The summed E-state index contributed by atoms with van der Waals surface area (Å²) in [7, 11) is 0. The van der Waals surface area contributed by atoms with Gasteiger partial charge in [-0.1, -0.05) is 19.3 Å². The molecule has 1 saturated carbocycles. The SMILES string of the molecule is N#CC1(C(=O)Nc2ccc(O[C@H]3CCOC3)cc2)CCCCC1. The first-order valence-corrected chi connectivity index (χ1v) is 8.29. The van der Waals surface area contributed by atoms with Crippen LogP contribution >= 0.6 is 0 Å². The minimum Gasteiger partial charge on any atom is -0.488 e. The van der Waals surface area contributed by atoms with E-state index in [9.17, 15) is 10.1 Å². The first-order valence-electron chi connectivity index (χ1n) is 8.29. The topological polar surface area (TPSA) is 71.4 Å². The average molecular weight is 314 g/mol. The van der Waals surface area contributed by atoms with Gasteiger partial charge in [0, 0.05) is 12.1 Å². The molecule has 0 unspecified atom stereocenters. The summed E-state index contributed by atoms with van der Waals surface area (Å²) in [6.07, 6.45) is 5.31. The number of anilines is 1. The predicted molar refractivity (Wildman–Crippen MR) is 86.1 cm³/mol. The normalized spacial score (nSPS) is 23.0. The number of carbonyl (C=O) groups excluding carboxylic acids is 1. The standard InChI is InChI=1S/C18H22N2O3/c19-13-18(9-2-1-3-10-18)17(21)20-14-4-6-15(7-5-14)23-16-8-11-22-12-16/h4-7,16H,1-3,8-12H2,(H,20,21)/t16-/m0/s1. The molecule has 0 aromatic heterocycles. The van der Waals surface area contributed by atoms with Gasteiger partial charge in [-0.15, -0.1) is 0 Å². The first kappa shape index (κ1) is 15.8. The molecule has 1 aliphatic heterocycles. The van der Waals surface area contributed by atoms with Crippen molar-refractivity contribution < 1.29 is 14.3 Å².